The van der Waals surface area contributed by atoms with Gasteiger partial charge in [0.1, 0.15) is 27.5 Å². The van der Waals surface area contributed by atoms with E-state index in [4.69, 9.17) is 14.2 Å². The molecule has 1 amide bonds. The van der Waals surface area contributed by atoms with E-state index in [1.54, 1.807) is 33.5 Å². The van der Waals surface area contributed by atoms with Crippen molar-refractivity contribution in [1.82, 2.24) is 8.87 Å². The highest BCUT2D eigenvalue weighted by Crippen LogP contribution is 2.35. The molecule has 0 radical (unpaired) electrons. The van der Waals surface area contributed by atoms with E-state index in [1.165, 1.54) is 27.8 Å². The minimum atomic E-state index is -3.86. The Morgan fingerprint density at radius 3 is 2.47 bits per heavy atom. The molecule has 1 unspecified atom stereocenters. The van der Waals surface area contributed by atoms with Crippen LogP contribution in [0.4, 0.5) is 4.39 Å². The Bertz CT molecular complexity index is 1420. The topological polar surface area (TPSA) is 99.4 Å². The molecule has 1 fully saturated rings. The maximum atomic E-state index is 13.3. The van der Waals surface area contributed by atoms with Gasteiger partial charge < -0.3 is 18.8 Å². The van der Waals surface area contributed by atoms with E-state index in [2.05, 4.69) is 4.99 Å². The standard InChI is InChI=1S/C24H28FN3O6S2/c1-32-14-13-28-21-19(33-2)10-11-20(34-3)22(21)35-24(28)26-23(29)16-5-4-12-27(15-16)36(30,31)18-8-6-17(25)7-9-18/h6-11,16H,4-5,12-15H2,1-3H3. The predicted octanol–water partition coefficient (Wildman–Crippen LogP) is 3.03. The van der Waals surface area contributed by atoms with Gasteiger partial charge in [-0.05, 0) is 49.2 Å². The second-order valence-electron chi connectivity index (χ2n) is 8.28. The van der Waals surface area contributed by atoms with Crippen LogP contribution in [0.5, 0.6) is 11.5 Å². The number of benzene rings is 2. The number of hydrogen-bond donors (Lipinski definition) is 0. The first-order chi connectivity index (χ1) is 17.3. The first-order valence-electron chi connectivity index (χ1n) is 11.4. The average Bonchev–Trinajstić information content (AvgIpc) is 3.25. The van der Waals surface area contributed by atoms with E-state index < -0.39 is 27.7 Å². The van der Waals surface area contributed by atoms with Crippen molar-refractivity contribution in [3.63, 3.8) is 0 Å². The number of sulfonamides is 1. The SMILES string of the molecule is COCCn1c(=NC(=O)C2CCCN(S(=O)(=O)c3ccc(F)cc3)C2)sc2c(OC)ccc(OC)c21. The zero-order valence-electron chi connectivity index (χ0n) is 20.3. The van der Waals surface area contributed by atoms with E-state index >= 15 is 0 Å². The molecular formula is C24H28FN3O6S2. The van der Waals surface area contributed by atoms with Gasteiger partial charge in [0, 0.05) is 26.7 Å². The summed E-state index contributed by atoms with van der Waals surface area (Å²) in [6, 6.07) is 8.27. The van der Waals surface area contributed by atoms with Gasteiger partial charge in [-0.2, -0.15) is 9.30 Å². The molecule has 1 aliphatic rings. The predicted molar refractivity (Wildman–Crippen MR) is 133 cm³/mol. The average molecular weight is 538 g/mol. The number of carbonyl (C=O) groups is 1. The van der Waals surface area contributed by atoms with Gasteiger partial charge >= 0.3 is 0 Å². The molecule has 0 bridgehead atoms. The molecule has 3 aromatic rings. The largest absolute Gasteiger partial charge is 0.495 e. The molecule has 1 aliphatic heterocycles. The van der Waals surface area contributed by atoms with Gasteiger partial charge in [-0.3, -0.25) is 4.79 Å². The van der Waals surface area contributed by atoms with Crippen LogP contribution in [-0.2, 0) is 26.1 Å². The number of carbonyl (C=O) groups excluding carboxylic acids is 1. The maximum absolute atomic E-state index is 13.3. The molecular weight excluding hydrogens is 509 g/mol. The lowest BCUT2D eigenvalue weighted by molar-refractivity contribution is -0.122. The monoisotopic (exact) mass is 537 g/mol. The summed E-state index contributed by atoms with van der Waals surface area (Å²) in [5, 5.41) is 0. The number of halogens is 1. The number of nitrogens with zero attached hydrogens (tertiary/aromatic N) is 3. The van der Waals surface area contributed by atoms with Crippen LogP contribution in [0.1, 0.15) is 12.8 Å². The molecule has 0 spiro atoms. The molecule has 1 aromatic heterocycles. The van der Waals surface area contributed by atoms with Crippen molar-refractivity contribution in [3.05, 3.63) is 47.0 Å². The second-order valence-corrected chi connectivity index (χ2v) is 11.2. The molecule has 36 heavy (non-hydrogen) atoms. The Balaban J connectivity index is 1.69. The van der Waals surface area contributed by atoms with Crippen molar-refractivity contribution in [2.75, 3.05) is 41.0 Å². The summed E-state index contributed by atoms with van der Waals surface area (Å²) in [6.07, 6.45) is 1.04. The number of hydrogen-bond acceptors (Lipinski definition) is 7. The summed E-state index contributed by atoms with van der Waals surface area (Å²) in [5.74, 6) is -0.271. The lowest BCUT2D eigenvalue weighted by Gasteiger charge is -2.30. The third-order valence-corrected chi connectivity index (χ3v) is 9.07. The summed E-state index contributed by atoms with van der Waals surface area (Å²) < 4.78 is 59.7. The first-order valence-corrected chi connectivity index (χ1v) is 13.6. The molecule has 1 atom stereocenters. The fourth-order valence-corrected chi connectivity index (χ4v) is 6.93. The maximum Gasteiger partial charge on any atom is 0.252 e. The van der Waals surface area contributed by atoms with Crippen LogP contribution in [0, 0.1) is 11.7 Å². The van der Waals surface area contributed by atoms with Crippen LogP contribution in [0.15, 0.2) is 46.3 Å². The van der Waals surface area contributed by atoms with Crippen LogP contribution in [-0.4, -0.2) is 64.2 Å². The van der Waals surface area contributed by atoms with Gasteiger partial charge in [-0.15, -0.1) is 0 Å². The van der Waals surface area contributed by atoms with Crippen LogP contribution in [0.25, 0.3) is 10.2 Å². The van der Waals surface area contributed by atoms with Crippen molar-refractivity contribution in [3.8, 4) is 11.5 Å². The van der Waals surface area contributed by atoms with Crippen molar-refractivity contribution in [2.45, 2.75) is 24.3 Å². The molecule has 2 heterocycles. The van der Waals surface area contributed by atoms with Crippen LogP contribution in [0.3, 0.4) is 0 Å². The van der Waals surface area contributed by atoms with Crippen molar-refractivity contribution < 1.29 is 31.8 Å². The number of methoxy groups -OCH3 is 3. The van der Waals surface area contributed by atoms with Crippen LogP contribution >= 0.6 is 11.3 Å². The zero-order valence-corrected chi connectivity index (χ0v) is 21.9. The third kappa shape index (κ3) is 5.17. The van der Waals surface area contributed by atoms with E-state index in [0.717, 1.165) is 22.3 Å². The Morgan fingerprint density at radius 2 is 1.81 bits per heavy atom. The lowest BCUT2D eigenvalue weighted by atomic mass is 9.99. The first kappa shape index (κ1) is 26.3. The number of piperidine rings is 1. The molecule has 194 valence electrons. The Hall–Kier alpha value is -2.80. The minimum absolute atomic E-state index is 0.00459. The molecule has 0 saturated carbocycles. The summed E-state index contributed by atoms with van der Waals surface area (Å²) in [5.41, 5.74) is 0.745. The van der Waals surface area contributed by atoms with Crippen LogP contribution < -0.4 is 14.3 Å². The highest BCUT2D eigenvalue weighted by Gasteiger charge is 2.33. The molecule has 2 aromatic carbocycles. The van der Waals surface area contributed by atoms with Gasteiger partial charge in [0.15, 0.2) is 4.80 Å². The number of ether oxygens (including phenoxy) is 3. The lowest BCUT2D eigenvalue weighted by Crippen LogP contribution is -2.42. The molecule has 12 heteroatoms. The van der Waals surface area contributed by atoms with Gasteiger partial charge in [0.05, 0.1) is 31.6 Å². The Morgan fingerprint density at radius 1 is 1.11 bits per heavy atom. The molecule has 1 saturated heterocycles. The fraction of sp³-hybridized carbons (Fsp3) is 0.417. The number of thiazole rings is 1. The number of aromatic nitrogens is 1. The summed E-state index contributed by atoms with van der Waals surface area (Å²) in [7, 11) is 0.873. The number of amides is 1. The fourth-order valence-electron chi connectivity index (χ4n) is 4.23. The highest BCUT2D eigenvalue weighted by molar-refractivity contribution is 7.89. The summed E-state index contributed by atoms with van der Waals surface area (Å²) in [6.45, 7) is 1.12. The third-order valence-electron chi connectivity index (χ3n) is 6.10. The van der Waals surface area contributed by atoms with Crippen molar-refractivity contribution in [2.24, 2.45) is 10.9 Å². The van der Waals surface area contributed by atoms with E-state index in [1.807, 2.05) is 4.57 Å². The summed E-state index contributed by atoms with van der Waals surface area (Å²) >= 11 is 1.30. The molecule has 4 rings (SSSR count). The number of rotatable bonds is 8. The van der Waals surface area contributed by atoms with Crippen molar-refractivity contribution >= 4 is 37.5 Å². The van der Waals surface area contributed by atoms with E-state index in [-0.39, 0.29) is 18.0 Å². The van der Waals surface area contributed by atoms with E-state index in [9.17, 15) is 17.6 Å². The van der Waals surface area contributed by atoms with E-state index in [0.29, 0.717) is 42.3 Å². The highest BCUT2D eigenvalue weighted by atomic mass is 32.2. The van der Waals surface area contributed by atoms with Crippen molar-refractivity contribution in [1.29, 1.82) is 0 Å². The minimum Gasteiger partial charge on any atom is -0.495 e. The molecule has 0 N–H and O–H groups in total. The Labute approximate surface area is 212 Å². The quantitative estimate of drug-likeness (QED) is 0.438. The van der Waals surface area contributed by atoms with Gasteiger partial charge in [-0.25, -0.2) is 12.8 Å². The summed E-state index contributed by atoms with van der Waals surface area (Å²) in [4.78, 5) is 18.2. The smallest absolute Gasteiger partial charge is 0.252 e. The zero-order chi connectivity index (χ0) is 25.9. The Kier molecular flexibility index (Phi) is 8.08. The second kappa shape index (κ2) is 11.1. The van der Waals surface area contributed by atoms with Gasteiger partial charge in [-0.1, -0.05) is 11.3 Å². The number of fused-ring (bicyclic) bond motifs is 1. The molecule has 0 aliphatic carbocycles. The van der Waals surface area contributed by atoms with Gasteiger partial charge in [0.2, 0.25) is 10.0 Å². The van der Waals surface area contributed by atoms with Crippen LogP contribution in [0.2, 0.25) is 0 Å². The van der Waals surface area contributed by atoms with Gasteiger partial charge in [0.25, 0.3) is 5.91 Å². The normalized spacial score (nSPS) is 17.4. The molecule has 9 nitrogen and oxygen atoms in total.